The molecule has 1 heterocycles. The molecule has 0 atom stereocenters. The molecule has 2 aromatic carbocycles. The Balaban J connectivity index is 2.08. The number of hydrogen-bond donors (Lipinski definition) is 0. The fraction of sp³-hybridized carbons (Fsp3) is 0.286. The highest BCUT2D eigenvalue weighted by molar-refractivity contribution is 14.1. The maximum Gasteiger partial charge on any atom is 0.282 e. The standard InChI is InChI=1S/C21H21BrIN3O3/c1-5-19-25-17-7-6-14(22)10-15(17)21(27)26(19)24-11-13-8-16(23)20(29-12(2)3)18(9-13)28-4/h6-12H,5H2,1-4H3. The van der Waals surface area contributed by atoms with Crippen LogP contribution < -0.4 is 15.0 Å². The molecule has 0 bridgehead atoms. The van der Waals surface area contributed by atoms with Crippen LogP contribution >= 0.6 is 38.5 Å². The Morgan fingerprint density at radius 2 is 2.07 bits per heavy atom. The first-order valence-electron chi connectivity index (χ1n) is 9.13. The topological polar surface area (TPSA) is 65.7 Å². The fourth-order valence-electron chi connectivity index (χ4n) is 2.83. The fourth-order valence-corrected chi connectivity index (χ4v) is 3.95. The van der Waals surface area contributed by atoms with E-state index in [0.29, 0.717) is 34.6 Å². The second-order valence-corrected chi connectivity index (χ2v) is 8.68. The van der Waals surface area contributed by atoms with Crippen molar-refractivity contribution in [3.63, 3.8) is 0 Å². The van der Waals surface area contributed by atoms with Crippen LogP contribution in [0.25, 0.3) is 10.9 Å². The monoisotopic (exact) mass is 569 g/mol. The van der Waals surface area contributed by atoms with E-state index < -0.39 is 0 Å². The van der Waals surface area contributed by atoms with Crippen LogP contribution in [0.3, 0.4) is 0 Å². The Morgan fingerprint density at radius 1 is 1.31 bits per heavy atom. The van der Waals surface area contributed by atoms with Gasteiger partial charge in [0.05, 0.1) is 33.9 Å². The Morgan fingerprint density at radius 3 is 2.72 bits per heavy atom. The summed E-state index contributed by atoms with van der Waals surface area (Å²) in [6.07, 6.45) is 2.25. The summed E-state index contributed by atoms with van der Waals surface area (Å²) in [5.41, 5.74) is 1.25. The van der Waals surface area contributed by atoms with Gasteiger partial charge in [-0.05, 0) is 72.3 Å². The van der Waals surface area contributed by atoms with Gasteiger partial charge in [-0.2, -0.15) is 9.78 Å². The predicted octanol–water partition coefficient (Wildman–Crippen LogP) is 5.00. The van der Waals surface area contributed by atoms with Crippen LogP contribution in [0.1, 0.15) is 32.2 Å². The van der Waals surface area contributed by atoms with Crippen molar-refractivity contribution in [1.29, 1.82) is 0 Å². The second-order valence-electron chi connectivity index (χ2n) is 6.61. The van der Waals surface area contributed by atoms with E-state index >= 15 is 0 Å². The summed E-state index contributed by atoms with van der Waals surface area (Å²) in [5.74, 6) is 1.92. The molecule has 0 aliphatic heterocycles. The van der Waals surface area contributed by atoms with E-state index in [1.54, 1.807) is 19.4 Å². The van der Waals surface area contributed by atoms with Crippen LogP contribution in [0.2, 0.25) is 0 Å². The molecule has 152 valence electrons. The Labute approximate surface area is 191 Å². The van der Waals surface area contributed by atoms with E-state index in [-0.39, 0.29) is 11.7 Å². The van der Waals surface area contributed by atoms with E-state index in [2.05, 4.69) is 48.6 Å². The Bertz CT molecular complexity index is 1140. The van der Waals surface area contributed by atoms with E-state index in [9.17, 15) is 4.79 Å². The van der Waals surface area contributed by atoms with Crippen molar-refractivity contribution in [3.8, 4) is 11.5 Å². The molecule has 3 rings (SSSR count). The average molecular weight is 570 g/mol. The highest BCUT2D eigenvalue weighted by Crippen LogP contribution is 2.34. The lowest BCUT2D eigenvalue weighted by Crippen LogP contribution is -2.22. The number of aromatic nitrogens is 2. The van der Waals surface area contributed by atoms with Gasteiger partial charge in [0.15, 0.2) is 11.5 Å². The van der Waals surface area contributed by atoms with Crippen LogP contribution in [-0.2, 0) is 6.42 Å². The molecule has 0 amide bonds. The number of rotatable bonds is 6. The molecule has 6 nitrogen and oxygen atoms in total. The number of fused-ring (bicyclic) bond motifs is 1. The molecule has 0 N–H and O–H groups in total. The first kappa shape index (κ1) is 21.8. The van der Waals surface area contributed by atoms with Gasteiger partial charge in [-0.1, -0.05) is 22.9 Å². The van der Waals surface area contributed by atoms with Gasteiger partial charge in [-0.25, -0.2) is 4.98 Å². The van der Waals surface area contributed by atoms with Crippen LogP contribution in [0, 0.1) is 3.57 Å². The molecule has 0 saturated heterocycles. The number of hydrogen-bond acceptors (Lipinski definition) is 5. The summed E-state index contributed by atoms with van der Waals surface area (Å²) in [7, 11) is 1.60. The molecule has 0 radical (unpaired) electrons. The van der Waals surface area contributed by atoms with E-state index in [4.69, 9.17) is 9.47 Å². The van der Waals surface area contributed by atoms with E-state index in [1.165, 1.54) is 4.68 Å². The number of ether oxygens (including phenoxy) is 2. The molecule has 1 aromatic heterocycles. The number of nitrogens with zero attached hydrogens (tertiary/aromatic N) is 3. The van der Waals surface area contributed by atoms with Gasteiger partial charge in [0.1, 0.15) is 5.82 Å². The van der Waals surface area contributed by atoms with Crippen LogP contribution in [0.5, 0.6) is 11.5 Å². The predicted molar refractivity (Wildman–Crippen MR) is 128 cm³/mol. The van der Waals surface area contributed by atoms with Crippen molar-refractivity contribution < 1.29 is 9.47 Å². The zero-order chi connectivity index (χ0) is 21.1. The number of benzene rings is 2. The Hall–Kier alpha value is -1.94. The summed E-state index contributed by atoms with van der Waals surface area (Å²) < 4.78 is 14.4. The first-order chi connectivity index (χ1) is 13.8. The summed E-state index contributed by atoms with van der Waals surface area (Å²) in [6, 6.07) is 9.24. The largest absolute Gasteiger partial charge is 0.493 e. The normalized spacial score (nSPS) is 11.6. The zero-order valence-corrected chi connectivity index (χ0v) is 20.3. The van der Waals surface area contributed by atoms with Crippen LogP contribution in [-0.4, -0.2) is 29.1 Å². The SMILES string of the molecule is CCc1nc2ccc(Br)cc2c(=O)n1N=Cc1cc(I)c(OC(C)C)c(OC)c1. The lowest BCUT2D eigenvalue weighted by Gasteiger charge is -2.15. The van der Waals surface area contributed by atoms with Gasteiger partial charge in [0, 0.05) is 10.9 Å². The van der Waals surface area contributed by atoms with Crippen molar-refractivity contribution in [3.05, 3.63) is 60.1 Å². The molecule has 0 spiro atoms. The van der Waals surface area contributed by atoms with Gasteiger partial charge in [0.25, 0.3) is 5.56 Å². The van der Waals surface area contributed by atoms with Crippen LogP contribution in [0.15, 0.2) is 44.7 Å². The lowest BCUT2D eigenvalue weighted by atomic mass is 10.2. The lowest BCUT2D eigenvalue weighted by molar-refractivity contribution is 0.228. The highest BCUT2D eigenvalue weighted by Gasteiger charge is 2.13. The molecule has 3 aromatic rings. The van der Waals surface area contributed by atoms with Gasteiger partial charge < -0.3 is 9.47 Å². The van der Waals surface area contributed by atoms with Crippen molar-refractivity contribution in [2.45, 2.75) is 33.3 Å². The van der Waals surface area contributed by atoms with Crippen molar-refractivity contribution >= 4 is 55.6 Å². The quantitative estimate of drug-likeness (QED) is 0.309. The third-order valence-corrected chi connectivity index (χ3v) is 5.41. The maximum atomic E-state index is 13.0. The van der Waals surface area contributed by atoms with Crippen molar-refractivity contribution in [1.82, 2.24) is 9.66 Å². The first-order valence-corrected chi connectivity index (χ1v) is 11.0. The average Bonchev–Trinajstić information content (AvgIpc) is 2.68. The molecule has 0 aliphatic rings. The molecular formula is C21H21BrIN3O3. The summed E-state index contributed by atoms with van der Waals surface area (Å²) in [6.45, 7) is 5.88. The smallest absolute Gasteiger partial charge is 0.282 e. The third-order valence-electron chi connectivity index (χ3n) is 4.12. The summed E-state index contributed by atoms with van der Waals surface area (Å²) in [5, 5.41) is 4.95. The highest BCUT2D eigenvalue weighted by atomic mass is 127. The molecular weight excluding hydrogens is 549 g/mol. The zero-order valence-electron chi connectivity index (χ0n) is 16.6. The van der Waals surface area contributed by atoms with Gasteiger partial charge in [-0.3, -0.25) is 4.79 Å². The minimum Gasteiger partial charge on any atom is -0.493 e. The maximum absolute atomic E-state index is 13.0. The molecule has 29 heavy (non-hydrogen) atoms. The van der Waals surface area contributed by atoms with Gasteiger partial charge in [-0.15, -0.1) is 0 Å². The number of aryl methyl sites for hydroxylation is 1. The van der Waals surface area contributed by atoms with Crippen molar-refractivity contribution in [2.75, 3.05) is 7.11 Å². The molecule has 8 heteroatoms. The molecule has 0 aliphatic carbocycles. The van der Waals surface area contributed by atoms with Gasteiger partial charge in [0.2, 0.25) is 0 Å². The summed E-state index contributed by atoms with van der Waals surface area (Å²) in [4.78, 5) is 17.6. The van der Waals surface area contributed by atoms with E-state index in [1.807, 2.05) is 45.0 Å². The summed E-state index contributed by atoms with van der Waals surface area (Å²) >= 11 is 5.61. The molecule has 0 fully saturated rings. The minimum absolute atomic E-state index is 0.0330. The molecule has 0 saturated carbocycles. The van der Waals surface area contributed by atoms with Crippen molar-refractivity contribution in [2.24, 2.45) is 5.10 Å². The number of halogens is 2. The third kappa shape index (κ3) is 4.80. The van der Waals surface area contributed by atoms with Crippen LogP contribution in [0.4, 0.5) is 0 Å². The van der Waals surface area contributed by atoms with E-state index in [0.717, 1.165) is 13.6 Å². The Kier molecular flexibility index (Phi) is 6.94. The second kappa shape index (κ2) is 9.25. The van der Waals surface area contributed by atoms with Gasteiger partial charge >= 0.3 is 0 Å². The minimum atomic E-state index is -0.203. The molecule has 0 unspecified atom stereocenters. The number of methoxy groups -OCH3 is 1.